The predicted octanol–water partition coefficient (Wildman–Crippen LogP) is 1.75. The molecule has 1 aliphatic rings. The minimum Gasteiger partial charge on any atom is -0.492 e. The molecule has 1 aromatic rings. The third kappa shape index (κ3) is 3.34. The number of halogens is 1. The minimum atomic E-state index is -3.02. The van der Waals surface area contributed by atoms with E-state index in [0.29, 0.717) is 36.9 Å². The zero-order valence-corrected chi connectivity index (χ0v) is 10.9. The van der Waals surface area contributed by atoms with Gasteiger partial charge in [-0.25, -0.2) is 8.42 Å². The molecule has 0 atom stereocenters. The molecule has 0 aliphatic carbocycles. The van der Waals surface area contributed by atoms with E-state index in [1.807, 2.05) is 0 Å². The highest BCUT2D eigenvalue weighted by Gasteiger charge is 2.27. The number of hydrogen-bond donors (Lipinski definition) is 0. The summed E-state index contributed by atoms with van der Waals surface area (Å²) in [7, 11) is -3.02. The van der Waals surface area contributed by atoms with E-state index in [4.69, 9.17) is 16.3 Å². The van der Waals surface area contributed by atoms with Crippen LogP contribution < -0.4 is 4.74 Å². The highest BCUT2D eigenvalue weighted by Crippen LogP contribution is 2.17. The Kier molecular flexibility index (Phi) is 3.91. The Bertz CT molecular complexity index is 489. The summed E-state index contributed by atoms with van der Waals surface area (Å²) < 4.78 is 29.9. The average Bonchev–Trinajstić information content (AvgIpc) is 2.58. The van der Waals surface area contributed by atoms with Crippen molar-refractivity contribution in [2.45, 2.75) is 6.42 Å². The van der Waals surface area contributed by atoms with Crippen LogP contribution in [0.1, 0.15) is 6.42 Å². The maximum atomic E-state index is 11.5. The number of benzene rings is 1. The SMILES string of the molecule is O=S1(=O)CCCN1CCOc1cccc(Cl)c1. The third-order valence-corrected chi connectivity index (χ3v) is 4.80. The van der Waals surface area contributed by atoms with Gasteiger partial charge in [-0.3, -0.25) is 0 Å². The summed E-state index contributed by atoms with van der Waals surface area (Å²) in [5.74, 6) is 0.915. The summed E-state index contributed by atoms with van der Waals surface area (Å²) in [6, 6.07) is 7.06. The van der Waals surface area contributed by atoms with Crippen LogP contribution in [0.15, 0.2) is 24.3 Å². The normalized spacial score (nSPS) is 19.4. The fourth-order valence-corrected chi connectivity index (χ4v) is 3.46. The highest BCUT2D eigenvalue weighted by molar-refractivity contribution is 7.89. The Morgan fingerprint density at radius 1 is 1.41 bits per heavy atom. The number of nitrogens with zero attached hydrogens (tertiary/aromatic N) is 1. The van der Waals surface area contributed by atoms with Crippen LogP contribution in [-0.2, 0) is 10.0 Å². The molecule has 0 amide bonds. The summed E-state index contributed by atoms with van der Waals surface area (Å²) in [6.07, 6.45) is 0.708. The largest absolute Gasteiger partial charge is 0.492 e. The van der Waals surface area contributed by atoms with Crippen LogP contribution in [0.2, 0.25) is 5.02 Å². The van der Waals surface area contributed by atoms with E-state index in [1.54, 1.807) is 24.3 Å². The Morgan fingerprint density at radius 3 is 2.88 bits per heavy atom. The second-order valence-electron chi connectivity index (χ2n) is 3.87. The van der Waals surface area contributed by atoms with Crippen LogP contribution >= 0.6 is 11.6 Å². The molecule has 1 aliphatic heterocycles. The van der Waals surface area contributed by atoms with Gasteiger partial charge in [0.05, 0.1) is 5.75 Å². The Morgan fingerprint density at radius 2 is 2.24 bits per heavy atom. The first-order valence-electron chi connectivity index (χ1n) is 5.44. The van der Waals surface area contributed by atoms with Crippen molar-refractivity contribution in [2.24, 2.45) is 0 Å². The molecular weight excluding hydrogens is 262 g/mol. The Labute approximate surface area is 106 Å². The Balaban J connectivity index is 1.84. The predicted molar refractivity (Wildman–Crippen MR) is 66.9 cm³/mol. The molecule has 94 valence electrons. The maximum absolute atomic E-state index is 11.5. The van der Waals surface area contributed by atoms with Crippen molar-refractivity contribution < 1.29 is 13.2 Å². The van der Waals surface area contributed by atoms with Crippen molar-refractivity contribution >= 4 is 21.6 Å². The first-order valence-corrected chi connectivity index (χ1v) is 7.43. The molecule has 0 N–H and O–H groups in total. The molecule has 17 heavy (non-hydrogen) atoms. The molecule has 0 spiro atoms. The zero-order valence-electron chi connectivity index (χ0n) is 9.30. The lowest BCUT2D eigenvalue weighted by atomic mass is 10.3. The van der Waals surface area contributed by atoms with E-state index in [1.165, 1.54) is 4.31 Å². The monoisotopic (exact) mass is 275 g/mol. The summed E-state index contributed by atoms with van der Waals surface area (Å²) in [5, 5.41) is 0.608. The maximum Gasteiger partial charge on any atom is 0.214 e. The number of ether oxygens (including phenoxy) is 1. The van der Waals surface area contributed by atoms with Crippen LogP contribution in [0, 0.1) is 0 Å². The highest BCUT2D eigenvalue weighted by atomic mass is 35.5. The molecule has 4 nitrogen and oxygen atoms in total. The van der Waals surface area contributed by atoms with Crippen LogP contribution in [0.25, 0.3) is 0 Å². The number of hydrogen-bond acceptors (Lipinski definition) is 3. The van der Waals surface area contributed by atoms with Gasteiger partial charge in [0, 0.05) is 18.1 Å². The van der Waals surface area contributed by atoms with Gasteiger partial charge in [-0.1, -0.05) is 17.7 Å². The lowest BCUT2D eigenvalue weighted by Crippen LogP contribution is -2.30. The molecule has 0 saturated carbocycles. The van der Waals surface area contributed by atoms with Gasteiger partial charge < -0.3 is 4.74 Å². The van der Waals surface area contributed by atoms with E-state index in [-0.39, 0.29) is 5.75 Å². The van der Waals surface area contributed by atoms with Gasteiger partial charge in [0.2, 0.25) is 10.0 Å². The molecule has 1 heterocycles. The molecule has 1 aromatic carbocycles. The van der Waals surface area contributed by atoms with Crippen molar-refractivity contribution in [3.63, 3.8) is 0 Å². The van der Waals surface area contributed by atoms with Crippen LogP contribution in [0.3, 0.4) is 0 Å². The van der Waals surface area contributed by atoms with Crippen molar-refractivity contribution in [1.29, 1.82) is 0 Å². The van der Waals surface area contributed by atoms with Gasteiger partial charge in [-0.05, 0) is 24.6 Å². The standard InChI is InChI=1S/C11H14ClNO3S/c12-10-3-1-4-11(9-10)16-7-6-13-5-2-8-17(13,14)15/h1,3-4,9H,2,5-8H2. The quantitative estimate of drug-likeness (QED) is 0.841. The van der Waals surface area contributed by atoms with Gasteiger partial charge >= 0.3 is 0 Å². The Hall–Kier alpha value is -0.780. The van der Waals surface area contributed by atoms with Gasteiger partial charge in [-0.2, -0.15) is 4.31 Å². The summed E-state index contributed by atoms with van der Waals surface area (Å²) in [6.45, 7) is 1.34. The van der Waals surface area contributed by atoms with Gasteiger partial charge in [0.15, 0.2) is 0 Å². The van der Waals surface area contributed by atoms with Crippen molar-refractivity contribution in [1.82, 2.24) is 4.31 Å². The van der Waals surface area contributed by atoms with Gasteiger partial charge in [0.25, 0.3) is 0 Å². The molecule has 1 fully saturated rings. The smallest absolute Gasteiger partial charge is 0.214 e. The number of sulfonamides is 1. The van der Waals surface area contributed by atoms with Crippen molar-refractivity contribution in [2.75, 3.05) is 25.4 Å². The number of rotatable bonds is 4. The first kappa shape index (κ1) is 12.7. The van der Waals surface area contributed by atoms with Crippen molar-refractivity contribution in [3.8, 4) is 5.75 Å². The van der Waals surface area contributed by atoms with Gasteiger partial charge in [-0.15, -0.1) is 0 Å². The molecule has 2 rings (SSSR count). The fourth-order valence-electron chi connectivity index (χ4n) is 1.76. The lowest BCUT2D eigenvalue weighted by Gasteiger charge is -2.14. The van der Waals surface area contributed by atoms with E-state index in [0.717, 1.165) is 0 Å². The van der Waals surface area contributed by atoms with E-state index >= 15 is 0 Å². The zero-order chi connectivity index (χ0) is 12.3. The van der Waals surface area contributed by atoms with E-state index in [2.05, 4.69) is 0 Å². The van der Waals surface area contributed by atoms with E-state index < -0.39 is 10.0 Å². The molecule has 0 radical (unpaired) electrons. The topological polar surface area (TPSA) is 46.6 Å². The van der Waals surface area contributed by atoms with Crippen LogP contribution in [0.5, 0.6) is 5.75 Å². The molecule has 1 saturated heterocycles. The fraction of sp³-hybridized carbons (Fsp3) is 0.455. The average molecular weight is 276 g/mol. The van der Waals surface area contributed by atoms with E-state index in [9.17, 15) is 8.42 Å². The first-order chi connectivity index (χ1) is 8.08. The summed E-state index contributed by atoms with van der Waals surface area (Å²) in [4.78, 5) is 0. The second-order valence-corrected chi connectivity index (χ2v) is 6.40. The summed E-state index contributed by atoms with van der Waals surface area (Å²) in [5.41, 5.74) is 0. The van der Waals surface area contributed by atoms with Crippen LogP contribution in [0.4, 0.5) is 0 Å². The van der Waals surface area contributed by atoms with Crippen molar-refractivity contribution in [3.05, 3.63) is 29.3 Å². The molecule has 0 bridgehead atoms. The second kappa shape index (κ2) is 5.25. The van der Waals surface area contributed by atoms with Crippen LogP contribution in [-0.4, -0.2) is 38.2 Å². The molecular formula is C11H14ClNO3S. The third-order valence-electron chi connectivity index (χ3n) is 2.61. The molecule has 6 heteroatoms. The summed E-state index contributed by atoms with van der Waals surface area (Å²) >= 11 is 5.81. The lowest BCUT2D eigenvalue weighted by molar-refractivity contribution is 0.279. The van der Waals surface area contributed by atoms with Gasteiger partial charge in [0.1, 0.15) is 12.4 Å². The molecule has 0 unspecified atom stereocenters. The minimum absolute atomic E-state index is 0.254. The molecule has 0 aromatic heterocycles.